The van der Waals surface area contributed by atoms with Crippen molar-refractivity contribution < 1.29 is 13.2 Å². The van der Waals surface area contributed by atoms with Crippen LogP contribution in [0.15, 0.2) is 77.0 Å². The van der Waals surface area contributed by atoms with Gasteiger partial charge in [-0.3, -0.25) is 4.79 Å². The molecule has 1 aromatic heterocycles. The second-order valence-electron chi connectivity index (χ2n) is 6.50. The van der Waals surface area contributed by atoms with Crippen LogP contribution in [-0.2, 0) is 14.6 Å². The Labute approximate surface area is 175 Å². The standard InChI is InChI=1S/C21H23N3O3S2/c1-3-14-29(26,27)20-11-7-6-10-19(20)28-16(2)21(25)23-17-8-4-5-9-18(17)24-13-12-22-15-24/h4-13,15-16H,3,14H2,1-2H3,(H,23,25). The number of anilines is 1. The van der Waals surface area contributed by atoms with Gasteiger partial charge in [-0.25, -0.2) is 13.4 Å². The second-order valence-corrected chi connectivity index (χ2v) is 9.96. The van der Waals surface area contributed by atoms with Crippen LogP contribution in [0.4, 0.5) is 5.69 Å². The molecule has 0 aliphatic heterocycles. The van der Waals surface area contributed by atoms with E-state index >= 15 is 0 Å². The Morgan fingerprint density at radius 2 is 1.90 bits per heavy atom. The molecule has 0 saturated heterocycles. The summed E-state index contributed by atoms with van der Waals surface area (Å²) in [5.41, 5.74) is 1.47. The number of benzene rings is 2. The highest BCUT2D eigenvalue weighted by Crippen LogP contribution is 2.31. The van der Waals surface area contributed by atoms with E-state index in [1.807, 2.05) is 35.8 Å². The first-order valence-electron chi connectivity index (χ1n) is 9.29. The summed E-state index contributed by atoms with van der Waals surface area (Å²) in [6.07, 6.45) is 5.68. The molecule has 1 atom stereocenters. The smallest absolute Gasteiger partial charge is 0.237 e. The zero-order valence-electron chi connectivity index (χ0n) is 16.3. The van der Waals surface area contributed by atoms with E-state index in [0.717, 1.165) is 5.69 Å². The third-order valence-corrected chi connectivity index (χ3v) is 7.55. The fourth-order valence-corrected chi connectivity index (χ4v) is 5.70. The van der Waals surface area contributed by atoms with Gasteiger partial charge in [0.2, 0.25) is 5.91 Å². The summed E-state index contributed by atoms with van der Waals surface area (Å²) >= 11 is 1.24. The molecule has 152 valence electrons. The van der Waals surface area contributed by atoms with Gasteiger partial charge in [-0.1, -0.05) is 31.2 Å². The maximum atomic E-state index is 12.8. The van der Waals surface area contributed by atoms with Crippen LogP contribution in [0.5, 0.6) is 0 Å². The summed E-state index contributed by atoms with van der Waals surface area (Å²) in [5, 5.41) is 2.46. The number of carbonyl (C=O) groups excluding carboxylic acids is 1. The lowest BCUT2D eigenvalue weighted by Crippen LogP contribution is -2.23. The average molecular weight is 430 g/mol. The summed E-state index contributed by atoms with van der Waals surface area (Å²) in [4.78, 5) is 17.7. The van der Waals surface area contributed by atoms with Gasteiger partial charge >= 0.3 is 0 Å². The van der Waals surface area contributed by atoms with Crippen LogP contribution in [0.3, 0.4) is 0 Å². The molecule has 0 radical (unpaired) electrons. The third-order valence-electron chi connectivity index (χ3n) is 4.27. The lowest BCUT2D eigenvalue weighted by molar-refractivity contribution is -0.115. The molecule has 0 saturated carbocycles. The van der Waals surface area contributed by atoms with E-state index in [1.165, 1.54) is 11.8 Å². The zero-order chi connectivity index (χ0) is 20.9. The van der Waals surface area contributed by atoms with Crippen molar-refractivity contribution in [2.24, 2.45) is 0 Å². The highest BCUT2D eigenvalue weighted by atomic mass is 32.2. The molecule has 1 amide bonds. The van der Waals surface area contributed by atoms with Crippen molar-refractivity contribution in [3.05, 3.63) is 67.3 Å². The number of sulfone groups is 1. The van der Waals surface area contributed by atoms with Crippen LogP contribution < -0.4 is 5.32 Å². The first kappa shape index (κ1) is 21.1. The third kappa shape index (κ3) is 5.07. The van der Waals surface area contributed by atoms with Crippen LogP contribution in [0.25, 0.3) is 5.69 Å². The number of rotatable bonds is 8. The minimum absolute atomic E-state index is 0.0867. The molecule has 29 heavy (non-hydrogen) atoms. The largest absolute Gasteiger partial charge is 0.323 e. The topological polar surface area (TPSA) is 81.1 Å². The molecule has 8 heteroatoms. The van der Waals surface area contributed by atoms with Crippen LogP contribution in [0.1, 0.15) is 20.3 Å². The van der Waals surface area contributed by atoms with Gasteiger partial charge in [-0.15, -0.1) is 11.8 Å². The van der Waals surface area contributed by atoms with Crippen molar-refractivity contribution in [3.8, 4) is 5.69 Å². The van der Waals surface area contributed by atoms with Gasteiger partial charge in [0, 0.05) is 17.3 Å². The SMILES string of the molecule is CCCS(=O)(=O)c1ccccc1SC(C)C(=O)Nc1ccccc1-n1ccnc1. The molecule has 0 bridgehead atoms. The number of nitrogens with zero attached hydrogens (tertiary/aromatic N) is 2. The fourth-order valence-electron chi connectivity index (χ4n) is 2.87. The van der Waals surface area contributed by atoms with Gasteiger partial charge in [0.25, 0.3) is 0 Å². The molecule has 1 N–H and O–H groups in total. The number of thioether (sulfide) groups is 1. The molecule has 1 unspecified atom stereocenters. The Hall–Kier alpha value is -2.58. The highest BCUT2D eigenvalue weighted by molar-refractivity contribution is 8.01. The quantitative estimate of drug-likeness (QED) is 0.544. The van der Waals surface area contributed by atoms with Gasteiger partial charge in [0.05, 0.1) is 33.6 Å². The van der Waals surface area contributed by atoms with Gasteiger partial charge < -0.3 is 9.88 Å². The van der Waals surface area contributed by atoms with Gasteiger partial charge in [0.1, 0.15) is 0 Å². The van der Waals surface area contributed by atoms with E-state index in [4.69, 9.17) is 0 Å². The number of amides is 1. The Bertz CT molecular complexity index is 1080. The second kappa shape index (κ2) is 9.28. The Morgan fingerprint density at radius 1 is 1.17 bits per heavy atom. The summed E-state index contributed by atoms with van der Waals surface area (Å²) in [7, 11) is -3.37. The Kier molecular flexibility index (Phi) is 6.76. The van der Waals surface area contributed by atoms with E-state index in [1.54, 1.807) is 49.9 Å². The van der Waals surface area contributed by atoms with E-state index < -0.39 is 15.1 Å². The maximum absolute atomic E-state index is 12.8. The number of para-hydroxylation sites is 2. The lowest BCUT2D eigenvalue weighted by atomic mass is 10.2. The molecule has 3 aromatic rings. The molecule has 0 aliphatic carbocycles. The van der Waals surface area contributed by atoms with Crippen molar-refractivity contribution in [2.75, 3.05) is 11.1 Å². The minimum Gasteiger partial charge on any atom is -0.323 e. The average Bonchev–Trinajstić information content (AvgIpc) is 3.23. The number of carbonyl (C=O) groups is 1. The molecule has 3 rings (SSSR count). The van der Waals surface area contributed by atoms with Crippen molar-refractivity contribution >= 4 is 33.2 Å². The molecule has 1 heterocycles. The predicted molar refractivity (Wildman–Crippen MR) is 116 cm³/mol. The first-order valence-corrected chi connectivity index (χ1v) is 11.8. The van der Waals surface area contributed by atoms with Crippen LogP contribution in [-0.4, -0.2) is 34.9 Å². The summed E-state index contributed by atoms with van der Waals surface area (Å²) < 4.78 is 26.9. The van der Waals surface area contributed by atoms with Gasteiger partial charge in [0.15, 0.2) is 9.84 Å². The van der Waals surface area contributed by atoms with Crippen LogP contribution in [0.2, 0.25) is 0 Å². The predicted octanol–water partition coefficient (Wildman–Crippen LogP) is 4.18. The minimum atomic E-state index is -3.37. The van der Waals surface area contributed by atoms with E-state index in [2.05, 4.69) is 10.3 Å². The summed E-state index contributed by atoms with van der Waals surface area (Å²) in [6, 6.07) is 14.3. The number of imidazole rings is 1. The van der Waals surface area contributed by atoms with Gasteiger partial charge in [-0.2, -0.15) is 0 Å². The Morgan fingerprint density at radius 3 is 2.62 bits per heavy atom. The number of aromatic nitrogens is 2. The maximum Gasteiger partial charge on any atom is 0.237 e. The van der Waals surface area contributed by atoms with E-state index in [-0.39, 0.29) is 16.6 Å². The monoisotopic (exact) mass is 429 g/mol. The fraction of sp³-hybridized carbons (Fsp3) is 0.238. The molecule has 2 aromatic carbocycles. The Balaban J connectivity index is 1.79. The lowest BCUT2D eigenvalue weighted by Gasteiger charge is -2.16. The van der Waals surface area contributed by atoms with Crippen LogP contribution in [0, 0.1) is 0 Å². The number of hydrogen-bond donors (Lipinski definition) is 1. The van der Waals surface area contributed by atoms with E-state index in [9.17, 15) is 13.2 Å². The molecule has 0 aliphatic rings. The van der Waals surface area contributed by atoms with Crippen molar-refractivity contribution in [1.82, 2.24) is 9.55 Å². The molecular weight excluding hydrogens is 406 g/mol. The zero-order valence-corrected chi connectivity index (χ0v) is 17.9. The van der Waals surface area contributed by atoms with Crippen molar-refractivity contribution in [1.29, 1.82) is 0 Å². The van der Waals surface area contributed by atoms with E-state index in [0.29, 0.717) is 17.0 Å². The summed E-state index contributed by atoms with van der Waals surface area (Å²) in [6.45, 7) is 3.60. The van der Waals surface area contributed by atoms with Crippen LogP contribution >= 0.6 is 11.8 Å². The molecule has 6 nitrogen and oxygen atoms in total. The van der Waals surface area contributed by atoms with Gasteiger partial charge in [-0.05, 0) is 37.6 Å². The molecule has 0 spiro atoms. The molecule has 0 fully saturated rings. The van der Waals surface area contributed by atoms with Crippen molar-refractivity contribution in [2.45, 2.75) is 35.3 Å². The summed E-state index contributed by atoms with van der Waals surface area (Å²) in [5.74, 6) is -0.117. The number of hydrogen-bond acceptors (Lipinski definition) is 5. The van der Waals surface area contributed by atoms with Crippen molar-refractivity contribution in [3.63, 3.8) is 0 Å². The first-order chi connectivity index (χ1) is 13.9. The molecular formula is C21H23N3O3S2. The normalized spacial score (nSPS) is 12.5. The number of nitrogens with one attached hydrogen (secondary N) is 1. The highest BCUT2D eigenvalue weighted by Gasteiger charge is 2.22.